The van der Waals surface area contributed by atoms with Crippen LogP contribution in [0.2, 0.25) is 0 Å². The van der Waals surface area contributed by atoms with E-state index in [1.165, 1.54) is 16.4 Å². The van der Waals surface area contributed by atoms with Crippen molar-refractivity contribution in [3.05, 3.63) is 63.1 Å². The quantitative estimate of drug-likeness (QED) is 0.667. The maximum atomic E-state index is 15.5. The standard InChI is InChI=1S/C24H23F3N4O5/c1-11-5-6-24(21(27)12(2)29-36-24)17-10-30(11)23(35)18-20(33)19(32)15(9-31(17)18)22(34)28-8-13-3-4-14(25)7-16(13)26/h3-4,7,9,11,17,21,33H,5-6,8,10H2,1-2H3,(H,28,34)/t11-,17+,21?,24-/m0/s1. The number of hydrogen-bond acceptors (Lipinski definition) is 6. The number of nitrogens with zero attached hydrogens (tertiary/aromatic N) is 3. The highest BCUT2D eigenvalue weighted by atomic mass is 19.1. The fraction of sp³-hybridized carbons (Fsp3) is 0.417. The number of nitrogens with one attached hydrogen (secondary N) is 1. The second kappa shape index (κ2) is 8.38. The van der Waals surface area contributed by atoms with E-state index in [-0.39, 0.29) is 42.5 Å². The molecular formula is C24H23F3N4O5. The second-order valence-electron chi connectivity index (χ2n) is 9.40. The molecule has 1 unspecified atom stereocenters. The van der Waals surface area contributed by atoms with E-state index >= 15 is 4.39 Å². The van der Waals surface area contributed by atoms with Gasteiger partial charge in [-0.25, -0.2) is 13.2 Å². The van der Waals surface area contributed by atoms with Gasteiger partial charge in [0.05, 0.1) is 11.8 Å². The Morgan fingerprint density at radius 2 is 2.08 bits per heavy atom. The lowest BCUT2D eigenvalue weighted by Crippen LogP contribution is -2.55. The second-order valence-corrected chi connectivity index (χ2v) is 9.40. The van der Waals surface area contributed by atoms with Crippen molar-refractivity contribution in [2.24, 2.45) is 5.16 Å². The fourth-order valence-electron chi connectivity index (χ4n) is 5.20. The van der Waals surface area contributed by atoms with Crippen LogP contribution in [0.3, 0.4) is 0 Å². The van der Waals surface area contributed by atoms with E-state index < -0.39 is 58.0 Å². The van der Waals surface area contributed by atoms with E-state index in [0.717, 1.165) is 18.3 Å². The molecule has 0 radical (unpaired) electrons. The number of oxime groups is 1. The van der Waals surface area contributed by atoms with Gasteiger partial charge < -0.3 is 24.7 Å². The topological polar surface area (TPSA) is 113 Å². The number of amides is 2. The maximum Gasteiger partial charge on any atom is 0.274 e. The van der Waals surface area contributed by atoms with Gasteiger partial charge in [0.25, 0.3) is 11.8 Å². The number of pyridine rings is 1. The minimum absolute atomic E-state index is 0.0143. The van der Waals surface area contributed by atoms with E-state index in [1.807, 2.05) is 0 Å². The molecular weight excluding hydrogens is 481 g/mol. The first-order chi connectivity index (χ1) is 17.0. The summed E-state index contributed by atoms with van der Waals surface area (Å²) < 4.78 is 43.9. The number of halogens is 3. The molecule has 0 aliphatic carbocycles. The Morgan fingerprint density at radius 1 is 1.33 bits per heavy atom. The zero-order valence-electron chi connectivity index (χ0n) is 19.4. The normalized spacial score (nSPS) is 26.8. The van der Waals surface area contributed by atoms with Crippen LogP contribution in [-0.2, 0) is 11.4 Å². The van der Waals surface area contributed by atoms with E-state index in [2.05, 4.69) is 10.5 Å². The number of hydrogen-bond donors (Lipinski definition) is 2. The molecule has 1 saturated heterocycles. The average molecular weight is 504 g/mol. The van der Waals surface area contributed by atoms with Crippen molar-refractivity contribution in [1.82, 2.24) is 14.8 Å². The van der Waals surface area contributed by atoms with Gasteiger partial charge in [-0.3, -0.25) is 14.4 Å². The van der Waals surface area contributed by atoms with Crippen molar-refractivity contribution in [2.75, 3.05) is 6.54 Å². The molecule has 1 fully saturated rings. The van der Waals surface area contributed by atoms with Gasteiger partial charge in [-0.2, -0.15) is 0 Å². The summed E-state index contributed by atoms with van der Waals surface area (Å²) in [5, 5.41) is 17.0. The van der Waals surface area contributed by atoms with Crippen LogP contribution in [0.15, 0.2) is 34.3 Å². The van der Waals surface area contributed by atoms with Crippen LogP contribution in [0.4, 0.5) is 13.2 Å². The molecule has 9 nitrogen and oxygen atoms in total. The SMILES string of the molecule is CC1=NO[C@]2(CC[C@H](C)N3C[C@H]2n2cc(C(=O)NCc4ccc(F)cc4F)c(=O)c(O)c2C3=O)C1F. The molecule has 5 rings (SSSR count). The zero-order valence-corrected chi connectivity index (χ0v) is 19.4. The lowest BCUT2D eigenvalue weighted by Gasteiger charge is -2.42. The Bertz CT molecular complexity index is 1380. The smallest absolute Gasteiger partial charge is 0.274 e. The van der Waals surface area contributed by atoms with Gasteiger partial charge in [0.1, 0.15) is 17.2 Å². The molecule has 1 spiro atoms. The van der Waals surface area contributed by atoms with Crippen LogP contribution in [-0.4, -0.2) is 56.5 Å². The summed E-state index contributed by atoms with van der Waals surface area (Å²) in [6.07, 6.45) is 0.0648. The zero-order chi connectivity index (χ0) is 25.9. The predicted octanol–water partition coefficient (Wildman–Crippen LogP) is 2.42. The fourth-order valence-corrected chi connectivity index (χ4v) is 5.20. The molecule has 1 aromatic carbocycles. The van der Waals surface area contributed by atoms with E-state index in [4.69, 9.17) is 4.84 Å². The van der Waals surface area contributed by atoms with Gasteiger partial charge in [-0.1, -0.05) is 11.2 Å². The van der Waals surface area contributed by atoms with Crippen molar-refractivity contribution in [1.29, 1.82) is 0 Å². The number of aromatic hydroxyl groups is 1. The molecule has 2 N–H and O–H groups in total. The summed E-state index contributed by atoms with van der Waals surface area (Å²) in [5.41, 5.74) is -3.41. The van der Waals surface area contributed by atoms with Gasteiger partial charge >= 0.3 is 0 Å². The average Bonchev–Trinajstić information content (AvgIpc) is 3.05. The molecule has 3 aliphatic heterocycles. The summed E-state index contributed by atoms with van der Waals surface area (Å²) in [5.74, 6) is -4.22. The Hall–Kier alpha value is -3.83. The van der Waals surface area contributed by atoms with Crippen LogP contribution in [0.5, 0.6) is 5.75 Å². The third kappa shape index (κ3) is 3.46. The van der Waals surface area contributed by atoms with E-state index in [0.29, 0.717) is 12.5 Å². The number of carbonyl (C=O) groups excluding carboxylic acids is 2. The summed E-state index contributed by atoms with van der Waals surface area (Å²) in [6, 6.07) is 1.59. The van der Waals surface area contributed by atoms with Gasteiger partial charge in [-0.05, 0) is 32.8 Å². The molecule has 2 bridgehead atoms. The summed E-state index contributed by atoms with van der Waals surface area (Å²) in [6.45, 7) is 2.91. The number of benzene rings is 1. The molecule has 36 heavy (non-hydrogen) atoms. The molecule has 190 valence electrons. The highest BCUT2D eigenvalue weighted by Crippen LogP contribution is 2.47. The van der Waals surface area contributed by atoms with Gasteiger partial charge in [-0.15, -0.1) is 0 Å². The summed E-state index contributed by atoms with van der Waals surface area (Å²) in [4.78, 5) is 46.1. The summed E-state index contributed by atoms with van der Waals surface area (Å²) in [7, 11) is 0. The van der Waals surface area contributed by atoms with Crippen molar-refractivity contribution < 1.29 is 32.7 Å². The molecule has 0 saturated carbocycles. The van der Waals surface area contributed by atoms with Crippen molar-refractivity contribution in [2.45, 2.75) is 57.1 Å². The molecule has 12 heteroatoms. The first-order valence-electron chi connectivity index (χ1n) is 11.4. The Morgan fingerprint density at radius 3 is 2.75 bits per heavy atom. The molecule has 3 aliphatic rings. The van der Waals surface area contributed by atoms with E-state index in [9.17, 15) is 28.3 Å². The predicted molar refractivity (Wildman–Crippen MR) is 120 cm³/mol. The van der Waals surface area contributed by atoms with Crippen LogP contribution in [0.1, 0.15) is 59.1 Å². The lowest BCUT2D eigenvalue weighted by molar-refractivity contribution is -0.0956. The minimum Gasteiger partial charge on any atom is -0.503 e. The first kappa shape index (κ1) is 23.9. The van der Waals surface area contributed by atoms with Crippen LogP contribution >= 0.6 is 0 Å². The number of carbonyl (C=O) groups is 2. The Labute approximate surface area is 203 Å². The highest BCUT2D eigenvalue weighted by molar-refractivity contribution is 5.99. The minimum atomic E-state index is -1.61. The van der Waals surface area contributed by atoms with Crippen molar-refractivity contribution >= 4 is 17.5 Å². The highest BCUT2D eigenvalue weighted by Gasteiger charge is 2.59. The van der Waals surface area contributed by atoms with Crippen molar-refractivity contribution in [3.8, 4) is 5.75 Å². The number of fused-ring (bicyclic) bond motifs is 5. The van der Waals surface area contributed by atoms with Crippen LogP contribution in [0.25, 0.3) is 0 Å². The third-order valence-corrected chi connectivity index (χ3v) is 7.28. The molecule has 4 atom stereocenters. The van der Waals surface area contributed by atoms with Crippen molar-refractivity contribution in [3.63, 3.8) is 0 Å². The van der Waals surface area contributed by atoms with Crippen LogP contribution in [0, 0.1) is 11.6 Å². The van der Waals surface area contributed by atoms with E-state index in [1.54, 1.807) is 6.92 Å². The first-order valence-corrected chi connectivity index (χ1v) is 11.4. The van der Waals surface area contributed by atoms with Gasteiger partial charge in [0.15, 0.2) is 23.2 Å². The van der Waals surface area contributed by atoms with Gasteiger partial charge in [0.2, 0.25) is 5.43 Å². The monoisotopic (exact) mass is 504 g/mol. The number of rotatable bonds is 3. The summed E-state index contributed by atoms with van der Waals surface area (Å²) >= 11 is 0. The Kier molecular flexibility index (Phi) is 5.56. The number of alkyl halides is 1. The molecule has 2 amide bonds. The van der Waals surface area contributed by atoms with Gasteiger partial charge in [0, 0.05) is 37.0 Å². The largest absolute Gasteiger partial charge is 0.503 e. The maximum absolute atomic E-state index is 15.5. The lowest BCUT2D eigenvalue weighted by atomic mass is 9.82. The Balaban J connectivity index is 1.57. The molecule has 1 aromatic heterocycles. The molecule has 4 heterocycles. The number of aromatic nitrogens is 1. The third-order valence-electron chi connectivity index (χ3n) is 7.28. The molecule has 2 aromatic rings. The van der Waals surface area contributed by atoms with Crippen LogP contribution < -0.4 is 10.7 Å².